The molecule has 5 heteroatoms. The number of nitrogens with one attached hydrogen (secondary N) is 1. The fourth-order valence-corrected chi connectivity index (χ4v) is 2.10. The van der Waals surface area contributed by atoms with E-state index in [1.54, 1.807) is 20.3 Å². The van der Waals surface area contributed by atoms with Gasteiger partial charge in [-0.1, -0.05) is 24.3 Å². The molecule has 0 fully saturated rings. The first-order chi connectivity index (χ1) is 9.50. The molecule has 0 bridgehead atoms. The molecule has 0 spiro atoms. The fourth-order valence-electron chi connectivity index (χ4n) is 2.10. The minimum Gasteiger partial charge on any atom is -0.336 e. The Kier molecular flexibility index (Phi) is 4.08. The molecule has 2 amide bonds. The molecular weight excluding hydrogens is 252 g/mol. The predicted molar refractivity (Wildman–Crippen MR) is 78.4 cm³/mol. The highest BCUT2D eigenvalue weighted by molar-refractivity contribution is 5.74. The van der Waals surface area contributed by atoms with Crippen LogP contribution in [-0.2, 0) is 7.05 Å². The molecule has 0 aliphatic rings. The fraction of sp³-hybridized carbons (Fsp3) is 0.333. The van der Waals surface area contributed by atoms with Gasteiger partial charge in [-0.3, -0.25) is 0 Å². The van der Waals surface area contributed by atoms with Gasteiger partial charge in [0.1, 0.15) is 11.9 Å². The highest BCUT2D eigenvalue weighted by Gasteiger charge is 2.22. The molecule has 0 saturated heterocycles. The van der Waals surface area contributed by atoms with Gasteiger partial charge >= 0.3 is 6.03 Å². The third-order valence-corrected chi connectivity index (χ3v) is 3.29. The highest BCUT2D eigenvalue weighted by atomic mass is 16.2. The normalized spacial score (nSPS) is 12.0. The van der Waals surface area contributed by atoms with Crippen LogP contribution in [0.15, 0.2) is 36.7 Å². The summed E-state index contributed by atoms with van der Waals surface area (Å²) in [6.07, 6.45) is 3.62. The van der Waals surface area contributed by atoms with Crippen LogP contribution in [0.3, 0.4) is 0 Å². The van der Waals surface area contributed by atoms with Crippen molar-refractivity contribution in [2.75, 3.05) is 14.1 Å². The van der Waals surface area contributed by atoms with E-state index in [9.17, 15) is 4.79 Å². The Hall–Kier alpha value is -2.30. The number of hydrogen-bond donors (Lipinski definition) is 1. The molecule has 2 aromatic rings. The molecule has 20 heavy (non-hydrogen) atoms. The van der Waals surface area contributed by atoms with Crippen molar-refractivity contribution in [1.82, 2.24) is 19.8 Å². The van der Waals surface area contributed by atoms with Crippen LogP contribution in [0.4, 0.5) is 4.79 Å². The molecule has 0 radical (unpaired) electrons. The number of aromatic nitrogens is 2. The maximum Gasteiger partial charge on any atom is 0.317 e. The van der Waals surface area contributed by atoms with Crippen molar-refractivity contribution in [3.05, 3.63) is 53.6 Å². The van der Waals surface area contributed by atoms with Crippen LogP contribution in [0.25, 0.3) is 0 Å². The first kappa shape index (κ1) is 14.1. The highest BCUT2D eigenvalue weighted by Crippen LogP contribution is 2.23. The third kappa shape index (κ3) is 2.82. The zero-order chi connectivity index (χ0) is 14.7. The minimum absolute atomic E-state index is 0.138. The molecule has 2 rings (SSSR count). The Morgan fingerprint density at radius 3 is 2.60 bits per heavy atom. The maximum atomic E-state index is 12.0. The second-order valence-electron chi connectivity index (χ2n) is 5.03. The zero-order valence-electron chi connectivity index (χ0n) is 12.3. The topological polar surface area (TPSA) is 50.2 Å². The average molecular weight is 272 g/mol. The summed E-state index contributed by atoms with van der Waals surface area (Å²) < 4.78 is 1.92. The molecule has 1 aromatic carbocycles. The molecule has 1 aromatic heterocycles. The molecule has 1 unspecified atom stereocenters. The zero-order valence-corrected chi connectivity index (χ0v) is 12.3. The van der Waals surface area contributed by atoms with Crippen LogP contribution in [0.2, 0.25) is 0 Å². The van der Waals surface area contributed by atoms with Gasteiger partial charge in [-0.25, -0.2) is 9.78 Å². The van der Waals surface area contributed by atoms with E-state index in [1.165, 1.54) is 4.90 Å². The molecular formula is C15H20N4O. The maximum absolute atomic E-state index is 12.0. The van der Waals surface area contributed by atoms with Crippen LogP contribution >= 0.6 is 0 Å². The van der Waals surface area contributed by atoms with Gasteiger partial charge in [-0.05, 0) is 18.1 Å². The second-order valence-corrected chi connectivity index (χ2v) is 5.03. The van der Waals surface area contributed by atoms with Crippen molar-refractivity contribution in [3.8, 4) is 0 Å². The van der Waals surface area contributed by atoms with Crippen molar-refractivity contribution >= 4 is 6.03 Å². The molecule has 1 atom stereocenters. The lowest BCUT2D eigenvalue weighted by Gasteiger charge is -2.23. The van der Waals surface area contributed by atoms with Crippen LogP contribution in [0.1, 0.15) is 23.0 Å². The van der Waals surface area contributed by atoms with Crippen LogP contribution in [0.5, 0.6) is 0 Å². The van der Waals surface area contributed by atoms with Gasteiger partial charge in [0.2, 0.25) is 0 Å². The third-order valence-electron chi connectivity index (χ3n) is 3.29. The molecule has 106 valence electrons. The number of rotatable bonds is 3. The van der Waals surface area contributed by atoms with Gasteiger partial charge < -0.3 is 14.8 Å². The van der Waals surface area contributed by atoms with E-state index in [-0.39, 0.29) is 12.1 Å². The van der Waals surface area contributed by atoms with E-state index >= 15 is 0 Å². The molecule has 1 heterocycles. The molecule has 0 aliphatic carbocycles. The van der Waals surface area contributed by atoms with E-state index in [0.717, 1.165) is 17.0 Å². The van der Waals surface area contributed by atoms with E-state index in [0.29, 0.717) is 0 Å². The van der Waals surface area contributed by atoms with Gasteiger partial charge in [-0.2, -0.15) is 0 Å². The molecule has 0 aliphatic heterocycles. The van der Waals surface area contributed by atoms with Gasteiger partial charge in [-0.15, -0.1) is 0 Å². The van der Waals surface area contributed by atoms with Gasteiger partial charge in [0.25, 0.3) is 0 Å². The minimum atomic E-state index is -0.258. The van der Waals surface area contributed by atoms with Gasteiger partial charge in [0.05, 0.1) is 0 Å². The lowest BCUT2D eigenvalue weighted by Crippen LogP contribution is -2.38. The summed E-state index contributed by atoms with van der Waals surface area (Å²) in [6, 6.07) is 7.62. The lowest BCUT2D eigenvalue weighted by atomic mass is 10.0. The van der Waals surface area contributed by atoms with Crippen molar-refractivity contribution in [1.29, 1.82) is 0 Å². The Morgan fingerprint density at radius 2 is 2.05 bits per heavy atom. The van der Waals surface area contributed by atoms with Crippen molar-refractivity contribution in [3.63, 3.8) is 0 Å². The van der Waals surface area contributed by atoms with E-state index in [2.05, 4.69) is 10.3 Å². The summed E-state index contributed by atoms with van der Waals surface area (Å²) in [4.78, 5) is 17.9. The number of aryl methyl sites for hydroxylation is 2. The van der Waals surface area contributed by atoms with Crippen LogP contribution in [0, 0.1) is 6.92 Å². The quantitative estimate of drug-likeness (QED) is 0.930. The molecule has 5 nitrogen and oxygen atoms in total. The molecule has 1 N–H and O–H groups in total. The van der Waals surface area contributed by atoms with E-state index in [4.69, 9.17) is 0 Å². The second kappa shape index (κ2) is 5.77. The van der Waals surface area contributed by atoms with Gasteiger partial charge in [0.15, 0.2) is 0 Å². The lowest BCUT2D eigenvalue weighted by molar-refractivity contribution is 0.214. The number of amides is 2. The standard InChI is InChI=1S/C15H20N4O/c1-11-7-5-6-8-12(11)13(17-15(20)18(2)3)14-16-9-10-19(14)4/h5-10,13H,1-4H3,(H,17,20). The summed E-state index contributed by atoms with van der Waals surface area (Å²) in [5.74, 6) is 0.814. The van der Waals surface area contributed by atoms with Crippen LogP contribution in [-0.4, -0.2) is 34.6 Å². The SMILES string of the molecule is Cc1ccccc1C(NC(=O)N(C)C)c1nccn1C. The number of hydrogen-bond acceptors (Lipinski definition) is 2. The monoisotopic (exact) mass is 272 g/mol. The van der Waals surface area contributed by atoms with E-state index < -0.39 is 0 Å². The smallest absolute Gasteiger partial charge is 0.317 e. The largest absolute Gasteiger partial charge is 0.336 e. The Morgan fingerprint density at radius 1 is 1.35 bits per heavy atom. The predicted octanol–water partition coefficient (Wildman–Crippen LogP) is 2.09. The Labute approximate surface area is 119 Å². The van der Waals surface area contributed by atoms with Crippen molar-refractivity contribution in [2.24, 2.45) is 7.05 Å². The van der Waals surface area contributed by atoms with Crippen molar-refractivity contribution in [2.45, 2.75) is 13.0 Å². The van der Waals surface area contributed by atoms with Crippen LogP contribution < -0.4 is 5.32 Å². The summed E-state index contributed by atoms with van der Waals surface area (Å²) in [7, 11) is 5.38. The summed E-state index contributed by atoms with van der Waals surface area (Å²) in [6.45, 7) is 2.03. The summed E-state index contributed by atoms with van der Waals surface area (Å²) in [5, 5.41) is 3.02. The molecule has 0 saturated carbocycles. The summed E-state index contributed by atoms with van der Waals surface area (Å²) >= 11 is 0. The first-order valence-corrected chi connectivity index (χ1v) is 6.51. The first-order valence-electron chi connectivity index (χ1n) is 6.51. The number of carbonyl (C=O) groups is 1. The van der Waals surface area contributed by atoms with Crippen molar-refractivity contribution < 1.29 is 4.79 Å². The van der Waals surface area contributed by atoms with Gasteiger partial charge in [0, 0.05) is 33.5 Å². The number of nitrogens with zero attached hydrogens (tertiary/aromatic N) is 3. The number of imidazole rings is 1. The average Bonchev–Trinajstić information content (AvgIpc) is 2.82. The van der Waals surface area contributed by atoms with E-state index in [1.807, 2.05) is 49.0 Å². The number of urea groups is 1. The summed E-state index contributed by atoms with van der Waals surface area (Å²) in [5.41, 5.74) is 2.18. The number of benzene rings is 1. The number of carbonyl (C=O) groups excluding carboxylic acids is 1. The Balaban J connectivity index is 2.43. The Bertz CT molecular complexity index is 603.